The van der Waals surface area contributed by atoms with Crippen molar-refractivity contribution < 1.29 is 0 Å². The summed E-state index contributed by atoms with van der Waals surface area (Å²) in [5.74, 6) is 0. The van der Waals surface area contributed by atoms with Gasteiger partial charge in [0.2, 0.25) is 0 Å². The molecule has 0 atom stereocenters. The van der Waals surface area contributed by atoms with Gasteiger partial charge >= 0.3 is 0 Å². The molecule has 0 spiro atoms. The Bertz CT molecular complexity index is 508. The first-order valence-electron chi connectivity index (χ1n) is 6.67. The van der Waals surface area contributed by atoms with Gasteiger partial charge in [-0.15, -0.1) is 0 Å². The molecule has 2 rings (SSSR count). The highest BCUT2D eigenvalue weighted by molar-refractivity contribution is 7.97. The van der Waals surface area contributed by atoms with Gasteiger partial charge in [0.05, 0.1) is 30.0 Å². The molecular formula is C14H16Cl5NS. The minimum Gasteiger partial charge on any atom is -0.257 e. The van der Waals surface area contributed by atoms with Crippen LogP contribution in [-0.2, 0) is 0 Å². The van der Waals surface area contributed by atoms with Crippen molar-refractivity contribution in [2.24, 2.45) is 5.41 Å². The molecule has 0 amide bonds. The molecule has 1 fully saturated rings. The lowest BCUT2D eigenvalue weighted by molar-refractivity contribution is 0.220. The van der Waals surface area contributed by atoms with Crippen molar-refractivity contribution in [1.29, 1.82) is 0 Å². The van der Waals surface area contributed by atoms with Gasteiger partial charge in [0.1, 0.15) is 0 Å². The zero-order valence-electron chi connectivity index (χ0n) is 11.7. The number of hydrogen-bond donors (Lipinski definition) is 1. The van der Waals surface area contributed by atoms with E-state index in [1.165, 1.54) is 24.8 Å². The zero-order valence-corrected chi connectivity index (χ0v) is 16.3. The molecule has 0 bridgehead atoms. The molecule has 1 aromatic rings. The van der Waals surface area contributed by atoms with E-state index in [0.29, 0.717) is 26.4 Å². The van der Waals surface area contributed by atoms with E-state index < -0.39 is 0 Å². The molecule has 21 heavy (non-hydrogen) atoms. The lowest BCUT2D eigenvalue weighted by Crippen LogP contribution is -2.31. The molecule has 0 aromatic heterocycles. The van der Waals surface area contributed by atoms with E-state index in [0.717, 1.165) is 12.8 Å². The molecular weight excluding hydrogens is 391 g/mol. The maximum atomic E-state index is 6.22. The molecule has 0 heterocycles. The Morgan fingerprint density at radius 2 is 1.29 bits per heavy atom. The fraction of sp³-hybridized carbons (Fsp3) is 0.571. The normalized spacial score (nSPS) is 19.0. The number of halogens is 5. The summed E-state index contributed by atoms with van der Waals surface area (Å²) in [6, 6.07) is 0.434. The molecule has 1 N–H and O–H groups in total. The van der Waals surface area contributed by atoms with Gasteiger partial charge < -0.3 is 0 Å². The SMILES string of the molecule is CC1(C)CCC(NSc2c(Cl)c(Cl)c(Cl)c(Cl)c2Cl)CC1. The molecule has 1 nitrogen and oxygen atoms in total. The van der Waals surface area contributed by atoms with Crippen LogP contribution in [0.15, 0.2) is 4.90 Å². The Morgan fingerprint density at radius 1 is 0.857 bits per heavy atom. The Balaban J connectivity index is 2.08. The minimum absolute atomic E-state index is 0.192. The molecule has 1 aliphatic carbocycles. The van der Waals surface area contributed by atoms with Crippen LogP contribution in [-0.4, -0.2) is 6.04 Å². The molecule has 0 saturated heterocycles. The highest BCUT2D eigenvalue weighted by Gasteiger charge is 2.27. The van der Waals surface area contributed by atoms with E-state index in [9.17, 15) is 0 Å². The fourth-order valence-electron chi connectivity index (χ4n) is 2.33. The van der Waals surface area contributed by atoms with E-state index >= 15 is 0 Å². The number of rotatable bonds is 3. The van der Waals surface area contributed by atoms with Crippen LogP contribution < -0.4 is 4.72 Å². The van der Waals surface area contributed by atoms with Crippen LogP contribution in [0.1, 0.15) is 39.5 Å². The molecule has 1 saturated carbocycles. The van der Waals surface area contributed by atoms with Gasteiger partial charge in [0.15, 0.2) is 0 Å². The van der Waals surface area contributed by atoms with E-state index in [1.807, 2.05) is 0 Å². The molecule has 0 aliphatic heterocycles. The summed E-state index contributed by atoms with van der Waals surface area (Å²) in [6.07, 6.45) is 4.66. The summed E-state index contributed by atoms with van der Waals surface area (Å²) in [4.78, 5) is 0.627. The Kier molecular flexibility index (Phi) is 6.33. The van der Waals surface area contributed by atoms with Crippen LogP contribution >= 0.6 is 70.0 Å². The van der Waals surface area contributed by atoms with E-state index in [1.54, 1.807) is 0 Å². The van der Waals surface area contributed by atoms with Crippen LogP contribution in [0.2, 0.25) is 25.1 Å². The topological polar surface area (TPSA) is 12.0 Å². The van der Waals surface area contributed by atoms with Crippen molar-refractivity contribution in [3.8, 4) is 0 Å². The van der Waals surface area contributed by atoms with Crippen LogP contribution in [0.4, 0.5) is 0 Å². The monoisotopic (exact) mass is 405 g/mol. The summed E-state index contributed by atoms with van der Waals surface area (Å²) < 4.78 is 3.42. The average Bonchev–Trinajstić information content (AvgIpc) is 2.44. The van der Waals surface area contributed by atoms with Gasteiger partial charge in [-0.2, -0.15) is 0 Å². The second kappa shape index (κ2) is 7.25. The van der Waals surface area contributed by atoms with Gasteiger partial charge in [-0.05, 0) is 43.0 Å². The molecule has 7 heteroatoms. The lowest BCUT2D eigenvalue weighted by Gasteiger charge is -2.34. The Morgan fingerprint density at radius 3 is 1.76 bits per heavy atom. The highest BCUT2D eigenvalue weighted by atomic mass is 35.5. The van der Waals surface area contributed by atoms with Crippen molar-refractivity contribution in [3.63, 3.8) is 0 Å². The summed E-state index contributed by atoms with van der Waals surface area (Å²) in [5.41, 5.74) is 0.436. The molecule has 118 valence electrons. The predicted molar refractivity (Wildman–Crippen MR) is 96.5 cm³/mol. The van der Waals surface area contributed by atoms with Gasteiger partial charge in [-0.1, -0.05) is 71.9 Å². The largest absolute Gasteiger partial charge is 0.257 e. The van der Waals surface area contributed by atoms with Gasteiger partial charge in [0.25, 0.3) is 0 Å². The maximum absolute atomic E-state index is 6.22. The quantitative estimate of drug-likeness (QED) is 0.316. The van der Waals surface area contributed by atoms with Gasteiger partial charge in [-0.3, -0.25) is 4.72 Å². The fourth-order valence-corrected chi connectivity index (χ4v) is 4.72. The zero-order chi connectivity index (χ0) is 15.8. The van der Waals surface area contributed by atoms with E-state index in [-0.39, 0.29) is 15.1 Å². The molecule has 0 radical (unpaired) electrons. The van der Waals surface area contributed by atoms with Crippen LogP contribution in [0, 0.1) is 5.41 Å². The van der Waals surface area contributed by atoms with Gasteiger partial charge in [-0.25, -0.2) is 0 Å². The van der Waals surface area contributed by atoms with Crippen molar-refractivity contribution in [3.05, 3.63) is 25.1 Å². The Labute approximate surface area is 155 Å². The standard InChI is InChI=1S/C14H16Cl5NS/c1-14(2)5-3-7(4-6-14)20-21-13-11(18)9(16)8(15)10(17)12(13)19/h7,20H,3-6H2,1-2H3. The summed E-state index contributed by atoms with van der Waals surface area (Å²) >= 11 is 31.9. The number of benzene rings is 1. The van der Waals surface area contributed by atoms with Crippen molar-refractivity contribution >= 4 is 70.0 Å². The molecule has 0 unspecified atom stereocenters. The molecule has 1 aromatic carbocycles. The molecule has 1 aliphatic rings. The van der Waals surface area contributed by atoms with Crippen molar-refractivity contribution in [2.75, 3.05) is 0 Å². The third kappa shape index (κ3) is 4.29. The Hall–Kier alpha value is 0.980. The lowest BCUT2D eigenvalue weighted by atomic mass is 9.76. The number of hydrogen-bond acceptors (Lipinski definition) is 2. The second-order valence-corrected chi connectivity index (χ2v) is 8.80. The summed E-state index contributed by atoms with van der Waals surface area (Å²) in [7, 11) is 0. The van der Waals surface area contributed by atoms with Crippen LogP contribution in [0.25, 0.3) is 0 Å². The smallest absolute Gasteiger partial charge is 0.0809 e. The second-order valence-electron chi connectivity index (χ2n) is 6.06. The van der Waals surface area contributed by atoms with E-state index in [4.69, 9.17) is 58.0 Å². The maximum Gasteiger partial charge on any atom is 0.0809 e. The average molecular weight is 408 g/mol. The van der Waals surface area contributed by atoms with Gasteiger partial charge in [0, 0.05) is 6.04 Å². The first-order valence-corrected chi connectivity index (χ1v) is 9.37. The van der Waals surface area contributed by atoms with Crippen molar-refractivity contribution in [2.45, 2.75) is 50.5 Å². The van der Waals surface area contributed by atoms with Crippen LogP contribution in [0.5, 0.6) is 0 Å². The third-order valence-corrected chi connectivity index (χ3v) is 7.40. The third-order valence-electron chi connectivity index (χ3n) is 3.84. The number of nitrogens with one attached hydrogen (secondary N) is 1. The summed E-state index contributed by atoms with van der Waals surface area (Å²) in [6.45, 7) is 4.62. The summed E-state index contributed by atoms with van der Waals surface area (Å²) in [5, 5.41) is 1.34. The predicted octanol–water partition coefficient (Wildman–Crippen LogP) is 7.52. The minimum atomic E-state index is 0.192. The highest BCUT2D eigenvalue weighted by Crippen LogP contribution is 2.47. The van der Waals surface area contributed by atoms with Crippen LogP contribution in [0.3, 0.4) is 0 Å². The first kappa shape index (κ1) is 18.3. The van der Waals surface area contributed by atoms with Crippen molar-refractivity contribution in [1.82, 2.24) is 4.72 Å². The van der Waals surface area contributed by atoms with E-state index in [2.05, 4.69) is 18.6 Å². The first-order chi connectivity index (χ1) is 9.73.